The number of rotatable bonds is 6. The molecular weight excluding hydrogens is 225 g/mol. The number of ether oxygens (including phenoxy) is 2. The lowest BCUT2D eigenvalue weighted by Crippen LogP contribution is -2.31. The molecule has 94 valence electrons. The molecule has 0 aliphatic rings. The monoisotopic (exact) mass is 241 g/mol. The topological polar surface area (TPSA) is 47.6 Å². The smallest absolute Gasteiger partial charge is 0.246 e. The average molecular weight is 241 g/mol. The maximum Gasteiger partial charge on any atom is 0.246 e. The Hall–Kier alpha value is -1.46. The Morgan fingerprint density at radius 3 is 2.82 bits per heavy atom. The fourth-order valence-electron chi connectivity index (χ4n) is 1.43. The summed E-state index contributed by atoms with van der Waals surface area (Å²) in [6.07, 6.45) is -0.369. The maximum absolute atomic E-state index is 13.0. The molecule has 1 amide bonds. The van der Waals surface area contributed by atoms with E-state index < -0.39 is 0 Å². The van der Waals surface area contributed by atoms with E-state index >= 15 is 0 Å². The highest BCUT2D eigenvalue weighted by Gasteiger charge is 2.12. The Balaban J connectivity index is 2.57. The number of nitrogens with one attached hydrogen (secondary N) is 1. The molecule has 0 aliphatic heterocycles. The van der Waals surface area contributed by atoms with E-state index in [1.54, 1.807) is 12.1 Å². The molecule has 0 fully saturated rings. The minimum absolute atomic E-state index is 0.000412. The number of benzene rings is 1. The van der Waals surface area contributed by atoms with E-state index in [4.69, 9.17) is 4.74 Å². The van der Waals surface area contributed by atoms with Gasteiger partial charge in [-0.2, -0.15) is 0 Å². The lowest BCUT2D eigenvalue weighted by molar-refractivity contribution is -0.125. The van der Waals surface area contributed by atoms with Gasteiger partial charge in [-0.25, -0.2) is 4.39 Å². The zero-order chi connectivity index (χ0) is 12.7. The predicted octanol–water partition coefficient (Wildman–Crippen LogP) is 1.28. The summed E-state index contributed by atoms with van der Waals surface area (Å²) in [7, 11) is 2.96. The lowest BCUT2D eigenvalue weighted by Gasteiger charge is -2.16. The molecule has 1 rings (SSSR count). The Kier molecular flexibility index (Phi) is 5.59. The van der Waals surface area contributed by atoms with Gasteiger partial charge in [-0.3, -0.25) is 4.79 Å². The molecule has 1 aromatic carbocycles. The quantitative estimate of drug-likeness (QED) is 0.816. The van der Waals surface area contributed by atoms with Crippen molar-refractivity contribution in [1.29, 1.82) is 0 Å². The van der Waals surface area contributed by atoms with E-state index in [2.05, 4.69) is 10.1 Å². The molecule has 5 heteroatoms. The van der Waals surface area contributed by atoms with E-state index in [-0.39, 0.29) is 31.0 Å². The van der Waals surface area contributed by atoms with Crippen molar-refractivity contribution in [3.05, 3.63) is 35.6 Å². The highest BCUT2D eigenvalue weighted by atomic mass is 19.1. The number of hydrogen-bond donors (Lipinski definition) is 1. The van der Waals surface area contributed by atoms with E-state index in [1.165, 1.54) is 26.4 Å². The summed E-state index contributed by atoms with van der Waals surface area (Å²) in [4.78, 5) is 11.2. The van der Waals surface area contributed by atoms with Crippen molar-refractivity contribution >= 4 is 5.91 Å². The van der Waals surface area contributed by atoms with Crippen LogP contribution in [0, 0.1) is 5.82 Å². The molecule has 0 saturated heterocycles. The first-order chi connectivity index (χ1) is 8.17. The second-order valence-corrected chi connectivity index (χ2v) is 3.52. The van der Waals surface area contributed by atoms with E-state index in [1.807, 2.05) is 0 Å². The summed E-state index contributed by atoms with van der Waals surface area (Å²) < 4.78 is 22.9. The van der Waals surface area contributed by atoms with Crippen molar-refractivity contribution in [3.8, 4) is 0 Å². The molecule has 1 unspecified atom stereocenters. The first-order valence-corrected chi connectivity index (χ1v) is 5.21. The molecule has 1 atom stereocenters. The maximum atomic E-state index is 13.0. The highest BCUT2D eigenvalue weighted by Crippen LogP contribution is 2.16. The fourth-order valence-corrected chi connectivity index (χ4v) is 1.43. The van der Waals surface area contributed by atoms with Crippen LogP contribution in [0.15, 0.2) is 24.3 Å². The number of halogens is 1. The Bertz CT molecular complexity index is 371. The van der Waals surface area contributed by atoms with Crippen molar-refractivity contribution in [2.24, 2.45) is 0 Å². The minimum Gasteiger partial charge on any atom is -0.375 e. The standard InChI is InChI=1S/C12H16FNO3/c1-16-8-12(15)14-7-11(17-2)9-4-3-5-10(13)6-9/h3-6,11H,7-8H2,1-2H3,(H,14,15). The van der Waals surface area contributed by atoms with Gasteiger partial charge in [0.15, 0.2) is 0 Å². The minimum atomic E-state index is -0.369. The van der Waals surface area contributed by atoms with Gasteiger partial charge in [-0.15, -0.1) is 0 Å². The van der Waals surface area contributed by atoms with Crippen LogP contribution in [-0.2, 0) is 14.3 Å². The fraction of sp³-hybridized carbons (Fsp3) is 0.417. The third-order valence-corrected chi connectivity index (χ3v) is 2.27. The van der Waals surface area contributed by atoms with Crippen molar-refractivity contribution in [1.82, 2.24) is 5.32 Å². The molecule has 0 radical (unpaired) electrons. The van der Waals surface area contributed by atoms with Gasteiger partial charge in [0.25, 0.3) is 0 Å². The van der Waals surface area contributed by atoms with Crippen LogP contribution in [-0.4, -0.2) is 33.3 Å². The molecule has 1 N–H and O–H groups in total. The first-order valence-electron chi connectivity index (χ1n) is 5.21. The van der Waals surface area contributed by atoms with Gasteiger partial charge in [-0.05, 0) is 17.7 Å². The van der Waals surface area contributed by atoms with Gasteiger partial charge >= 0.3 is 0 Å². The predicted molar refractivity (Wildman–Crippen MR) is 61.0 cm³/mol. The Morgan fingerprint density at radius 2 is 2.24 bits per heavy atom. The van der Waals surface area contributed by atoms with Crippen molar-refractivity contribution in [3.63, 3.8) is 0 Å². The molecule has 1 aromatic rings. The normalized spacial score (nSPS) is 12.2. The van der Waals surface area contributed by atoms with Crippen LogP contribution in [0.5, 0.6) is 0 Å². The summed E-state index contributed by atoms with van der Waals surface area (Å²) in [5.74, 6) is -0.557. The van der Waals surface area contributed by atoms with Crippen LogP contribution in [0.4, 0.5) is 4.39 Å². The second kappa shape index (κ2) is 6.98. The van der Waals surface area contributed by atoms with Crippen LogP contribution >= 0.6 is 0 Å². The number of carbonyl (C=O) groups is 1. The molecule has 0 aromatic heterocycles. The third-order valence-electron chi connectivity index (χ3n) is 2.27. The molecule has 0 aliphatic carbocycles. The number of amides is 1. The lowest BCUT2D eigenvalue weighted by atomic mass is 10.1. The summed E-state index contributed by atoms with van der Waals surface area (Å²) in [6.45, 7) is 0.279. The van der Waals surface area contributed by atoms with E-state index in [0.29, 0.717) is 5.56 Å². The molecule has 0 bridgehead atoms. The Labute approximate surface area is 99.7 Å². The summed E-state index contributed by atoms with van der Waals surface area (Å²) >= 11 is 0. The second-order valence-electron chi connectivity index (χ2n) is 3.52. The van der Waals surface area contributed by atoms with Crippen LogP contribution in [0.25, 0.3) is 0 Å². The van der Waals surface area contributed by atoms with Crippen LogP contribution in [0.3, 0.4) is 0 Å². The number of methoxy groups -OCH3 is 2. The summed E-state index contributed by atoms with van der Waals surface area (Å²) in [5, 5.41) is 2.64. The zero-order valence-electron chi connectivity index (χ0n) is 9.90. The van der Waals surface area contributed by atoms with E-state index in [9.17, 15) is 9.18 Å². The van der Waals surface area contributed by atoms with Crippen LogP contribution in [0.1, 0.15) is 11.7 Å². The van der Waals surface area contributed by atoms with Crippen LogP contribution < -0.4 is 5.32 Å². The number of carbonyl (C=O) groups excluding carboxylic acids is 1. The molecule has 17 heavy (non-hydrogen) atoms. The number of hydrogen-bond acceptors (Lipinski definition) is 3. The van der Waals surface area contributed by atoms with Gasteiger partial charge in [0.05, 0.1) is 6.10 Å². The van der Waals surface area contributed by atoms with Gasteiger partial charge in [0.1, 0.15) is 12.4 Å². The molecule has 0 spiro atoms. The largest absolute Gasteiger partial charge is 0.375 e. The summed E-state index contributed by atoms with van der Waals surface area (Å²) in [5.41, 5.74) is 0.685. The van der Waals surface area contributed by atoms with Crippen molar-refractivity contribution < 1.29 is 18.7 Å². The van der Waals surface area contributed by atoms with Gasteiger partial charge in [0, 0.05) is 20.8 Å². The SMILES string of the molecule is COCC(=O)NCC(OC)c1cccc(F)c1. The third kappa shape index (κ3) is 4.50. The molecule has 0 heterocycles. The zero-order valence-corrected chi connectivity index (χ0v) is 9.90. The van der Waals surface area contributed by atoms with Gasteiger partial charge in [-0.1, -0.05) is 12.1 Å². The molecule has 0 saturated carbocycles. The molecular formula is C12H16FNO3. The Morgan fingerprint density at radius 1 is 1.47 bits per heavy atom. The molecule has 4 nitrogen and oxygen atoms in total. The van der Waals surface area contributed by atoms with Crippen LogP contribution in [0.2, 0.25) is 0 Å². The van der Waals surface area contributed by atoms with Crippen molar-refractivity contribution in [2.75, 3.05) is 27.4 Å². The van der Waals surface area contributed by atoms with Crippen molar-refractivity contribution in [2.45, 2.75) is 6.10 Å². The van der Waals surface area contributed by atoms with E-state index in [0.717, 1.165) is 0 Å². The van der Waals surface area contributed by atoms with Gasteiger partial charge < -0.3 is 14.8 Å². The summed E-state index contributed by atoms with van der Waals surface area (Å²) in [6, 6.07) is 6.10. The highest BCUT2D eigenvalue weighted by molar-refractivity contribution is 5.77. The average Bonchev–Trinajstić information content (AvgIpc) is 2.30. The van der Waals surface area contributed by atoms with Gasteiger partial charge in [0.2, 0.25) is 5.91 Å². The first kappa shape index (κ1) is 13.6.